The van der Waals surface area contributed by atoms with Crippen molar-refractivity contribution in [1.82, 2.24) is 14.4 Å². The summed E-state index contributed by atoms with van der Waals surface area (Å²) in [4.78, 5) is 8.20. The molecule has 0 unspecified atom stereocenters. The van der Waals surface area contributed by atoms with Crippen molar-refractivity contribution >= 4 is 5.65 Å². The largest absolute Gasteiger partial charge is 0.474 e. The van der Waals surface area contributed by atoms with Crippen LogP contribution in [-0.2, 0) is 0 Å². The van der Waals surface area contributed by atoms with E-state index >= 15 is 0 Å². The molecule has 0 amide bonds. The van der Waals surface area contributed by atoms with E-state index in [0.717, 1.165) is 5.65 Å². The van der Waals surface area contributed by atoms with Gasteiger partial charge in [-0.1, -0.05) is 0 Å². The molecule has 4 nitrogen and oxygen atoms in total. The molecule has 2 aromatic rings. The Bertz CT molecular complexity index is 375. The first-order valence-corrected chi connectivity index (χ1v) is 4.21. The highest BCUT2D eigenvalue weighted by atomic mass is 16.5. The normalized spacial score (nSPS) is 11.0. The van der Waals surface area contributed by atoms with Crippen molar-refractivity contribution in [2.75, 3.05) is 0 Å². The van der Waals surface area contributed by atoms with Gasteiger partial charge in [0.25, 0.3) is 0 Å². The second kappa shape index (κ2) is 3.05. The molecule has 0 aliphatic carbocycles. The first-order valence-electron chi connectivity index (χ1n) is 4.21. The van der Waals surface area contributed by atoms with E-state index < -0.39 is 0 Å². The van der Waals surface area contributed by atoms with Gasteiger partial charge in [0.05, 0.1) is 18.5 Å². The second-order valence-corrected chi connectivity index (χ2v) is 3.09. The van der Waals surface area contributed by atoms with Gasteiger partial charge in [0.15, 0.2) is 5.65 Å². The average Bonchev–Trinajstić information content (AvgIpc) is 2.44. The van der Waals surface area contributed by atoms with Gasteiger partial charge in [0.2, 0.25) is 5.88 Å². The van der Waals surface area contributed by atoms with Gasteiger partial charge < -0.3 is 9.14 Å². The van der Waals surface area contributed by atoms with Gasteiger partial charge in [-0.05, 0) is 13.8 Å². The average molecular weight is 177 g/mol. The Labute approximate surface area is 76.2 Å². The van der Waals surface area contributed by atoms with Crippen molar-refractivity contribution in [2.24, 2.45) is 0 Å². The Morgan fingerprint density at radius 1 is 1.46 bits per heavy atom. The lowest BCUT2D eigenvalue weighted by Crippen LogP contribution is -2.05. The molecule has 0 spiro atoms. The lowest BCUT2D eigenvalue weighted by atomic mass is 10.5. The minimum Gasteiger partial charge on any atom is -0.474 e. The van der Waals surface area contributed by atoms with Gasteiger partial charge in [0.1, 0.15) is 0 Å². The zero-order valence-corrected chi connectivity index (χ0v) is 7.64. The minimum absolute atomic E-state index is 0.151. The highest BCUT2D eigenvalue weighted by molar-refractivity contribution is 5.38. The number of ether oxygens (including phenoxy) is 1. The van der Waals surface area contributed by atoms with Gasteiger partial charge >= 0.3 is 0 Å². The fourth-order valence-electron chi connectivity index (χ4n) is 1.12. The number of hydrogen-bond donors (Lipinski definition) is 0. The van der Waals surface area contributed by atoms with Crippen LogP contribution in [0.15, 0.2) is 24.8 Å². The fourth-order valence-corrected chi connectivity index (χ4v) is 1.12. The predicted octanol–water partition coefficient (Wildman–Crippen LogP) is 1.52. The second-order valence-electron chi connectivity index (χ2n) is 3.09. The Kier molecular flexibility index (Phi) is 1.88. The summed E-state index contributed by atoms with van der Waals surface area (Å²) in [7, 11) is 0. The molecule has 0 N–H and O–H groups in total. The highest BCUT2D eigenvalue weighted by Crippen LogP contribution is 2.11. The maximum Gasteiger partial charge on any atom is 0.232 e. The van der Waals surface area contributed by atoms with E-state index in [1.165, 1.54) is 0 Å². The molecule has 0 aliphatic heterocycles. The lowest BCUT2D eigenvalue weighted by Gasteiger charge is -2.03. The van der Waals surface area contributed by atoms with Crippen LogP contribution >= 0.6 is 0 Å². The van der Waals surface area contributed by atoms with E-state index in [1.54, 1.807) is 12.4 Å². The number of rotatable bonds is 2. The van der Waals surface area contributed by atoms with Crippen molar-refractivity contribution in [3.63, 3.8) is 0 Å². The highest BCUT2D eigenvalue weighted by Gasteiger charge is 2.02. The Morgan fingerprint density at radius 2 is 2.31 bits per heavy atom. The molecule has 0 aliphatic rings. The van der Waals surface area contributed by atoms with Crippen LogP contribution in [0.5, 0.6) is 5.88 Å². The topological polar surface area (TPSA) is 39.4 Å². The van der Waals surface area contributed by atoms with Gasteiger partial charge in [-0.2, -0.15) is 4.98 Å². The third-order valence-electron chi connectivity index (χ3n) is 1.60. The SMILES string of the molecule is CC(C)Oc1cn2ccncc2n1. The number of imidazole rings is 1. The van der Waals surface area contributed by atoms with E-state index in [-0.39, 0.29) is 6.10 Å². The number of hydrogen-bond acceptors (Lipinski definition) is 3. The third-order valence-corrected chi connectivity index (χ3v) is 1.60. The van der Waals surface area contributed by atoms with Crippen LogP contribution in [0.3, 0.4) is 0 Å². The molecular weight excluding hydrogens is 166 g/mol. The van der Waals surface area contributed by atoms with Crippen molar-refractivity contribution in [3.05, 3.63) is 24.8 Å². The molecule has 2 heterocycles. The van der Waals surface area contributed by atoms with Crippen LogP contribution in [0.2, 0.25) is 0 Å². The van der Waals surface area contributed by atoms with Crippen molar-refractivity contribution < 1.29 is 4.74 Å². The van der Waals surface area contributed by atoms with Crippen LogP contribution in [0.25, 0.3) is 5.65 Å². The molecular formula is C9H11N3O. The summed E-state index contributed by atoms with van der Waals surface area (Å²) < 4.78 is 7.32. The molecule has 2 rings (SSSR count). The summed E-state index contributed by atoms with van der Waals surface area (Å²) in [5.41, 5.74) is 0.804. The van der Waals surface area contributed by atoms with E-state index in [9.17, 15) is 0 Å². The van der Waals surface area contributed by atoms with Crippen molar-refractivity contribution in [2.45, 2.75) is 20.0 Å². The fraction of sp³-hybridized carbons (Fsp3) is 0.333. The molecule has 0 fully saturated rings. The molecule has 68 valence electrons. The van der Waals surface area contributed by atoms with Gasteiger partial charge in [-0.3, -0.25) is 4.98 Å². The molecule has 0 saturated carbocycles. The molecule has 0 saturated heterocycles. The van der Waals surface area contributed by atoms with Crippen LogP contribution in [0.4, 0.5) is 0 Å². The number of nitrogens with zero attached hydrogens (tertiary/aromatic N) is 3. The van der Waals surface area contributed by atoms with E-state index in [1.807, 2.05) is 30.6 Å². The van der Waals surface area contributed by atoms with E-state index in [4.69, 9.17) is 4.74 Å². The quantitative estimate of drug-likeness (QED) is 0.698. The summed E-state index contributed by atoms with van der Waals surface area (Å²) in [5.74, 6) is 0.642. The van der Waals surface area contributed by atoms with Gasteiger partial charge in [0, 0.05) is 12.4 Å². The molecule has 0 atom stereocenters. The Hall–Kier alpha value is -1.58. The Morgan fingerprint density at radius 3 is 3.00 bits per heavy atom. The smallest absolute Gasteiger partial charge is 0.232 e. The molecule has 0 aromatic carbocycles. The molecule has 4 heteroatoms. The zero-order valence-electron chi connectivity index (χ0n) is 7.64. The Balaban J connectivity index is 2.38. The maximum absolute atomic E-state index is 5.44. The van der Waals surface area contributed by atoms with Crippen LogP contribution in [0.1, 0.15) is 13.8 Å². The summed E-state index contributed by atoms with van der Waals surface area (Å²) in [6, 6.07) is 0. The first-order chi connectivity index (χ1) is 6.25. The molecule has 2 aromatic heterocycles. The van der Waals surface area contributed by atoms with Crippen molar-refractivity contribution in [1.29, 1.82) is 0 Å². The van der Waals surface area contributed by atoms with Crippen molar-refractivity contribution in [3.8, 4) is 5.88 Å². The van der Waals surface area contributed by atoms with Gasteiger partial charge in [-0.25, -0.2) is 0 Å². The summed E-state index contributed by atoms with van der Waals surface area (Å²) in [6.07, 6.45) is 7.26. The standard InChI is InChI=1S/C9H11N3O/c1-7(2)13-9-6-12-4-3-10-5-8(12)11-9/h3-7H,1-2H3. The summed E-state index contributed by atoms with van der Waals surface area (Å²) in [5, 5.41) is 0. The van der Waals surface area contributed by atoms with Crippen LogP contribution in [0, 0.1) is 0 Å². The zero-order chi connectivity index (χ0) is 9.26. The molecule has 0 bridgehead atoms. The molecule has 0 radical (unpaired) electrons. The van der Waals surface area contributed by atoms with E-state index in [2.05, 4.69) is 9.97 Å². The number of aromatic nitrogens is 3. The molecule has 13 heavy (non-hydrogen) atoms. The minimum atomic E-state index is 0.151. The van der Waals surface area contributed by atoms with Crippen LogP contribution in [-0.4, -0.2) is 20.5 Å². The summed E-state index contributed by atoms with van der Waals surface area (Å²) in [6.45, 7) is 3.95. The monoisotopic (exact) mass is 177 g/mol. The first kappa shape index (κ1) is 8.04. The van der Waals surface area contributed by atoms with Gasteiger partial charge in [-0.15, -0.1) is 0 Å². The summed E-state index contributed by atoms with van der Waals surface area (Å²) >= 11 is 0. The van der Waals surface area contributed by atoms with E-state index in [0.29, 0.717) is 5.88 Å². The third kappa shape index (κ3) is 1.61. The van der Waals surface area contributed by atoms with Crippen LogP contribution < -0.4 is 4.74 Å². The maximum atomic E-state index is 5.44. The predicted molar refractivity (Wildman–Crippen MR) is 48.8 cm³/mol. The number of fused-ring (bicyclic) bond motifs is 1. The lowest BCUT2D eigenvalue weighted by molar-refractivity contribution is 0.234.